The van der Waals surface area contributed by atoms with Crippen LogP contribution in [0.15, 0.2) is 24.3 Å². The molecule has 3 nitrogen and oxygen atoms in total. The van der Waals surface area contributed by atoms with E-state index in [-0.39, 0.29) is 6.61 Å². The molecule has 2 aliphatic rings. The van der Waals surface area contributed by atoms with Gasteiger partial charge in [-0.2, -0.15) is 0 Å². The van der Waals surface area contributed by atoms with Gasteiger partial charge in [0.1, 0.15) is 6.61 Å². The lowest BCUT2D eigenvalue weighted by Gasteiger charge is -2.24. The number of benzene rings is 1. The van der Waals surface area contributed by atoms with Crippen molar-refractivity contribution < 1.29 is 5.11 Å². The van der Waals surface area contributed by atoms with E-state index in [1.165, 1.54) is 51.0 Å². The summed E-state index contributed by atoms with van der Waals surface area (Å²) in [6.07, 6.45) is 4.04. The Hall–Kier alpha value is -1.34. The molecule has 3 heteroatoms. The highest BCUT2D eigenvalue weighted by molar-refractivity contribution is 5.41. The van der Waals surface area contributed by atoms with E-state index in [4.69, 9.17) is 5.11 Å². The monoisotopic (exact) mass is 284 g/mol. The molecule has 21 heavy (non-hydrogen) atoms. The van der Waals surface area contributed by atoms with E-state index < -0.39 is 0 Å². The van der Waals surface area contributed by atoms with Crippen LogP contribution in [0, 0.1) is 11.8 Å². The predicted molar refractivity (Wildman–Crippen MR) is 84.9 cm³/mol. The van der Waals surface area contributed by atoms with E-state index in [0.717, 1.165) is 18.2 Å². The van der Waals surface area contributed by atoms with Crippen LogP contribution in [0.1, 0.15) is 30.4 Å². The van der Waals surface area contributed by atoms with Crippen LogP contribution < -0.4 is 0 Å². The van der Waals surface area contributed by atoms with Crippen molar-refractivity contribution in [3.8, 4) is 11.8 Å². The quantitative estimate of drug-likeness (QED) is 0.856. The standard InChI is InChI=1S/C18H24N2O/c21-13-5-8-16-6-1-2-7-17(16)14-19-12-9-18(15-19)20-10-3-4-11-20/h1-2,6-7,18,21H,3-4,9-15H2. The lowest BCUT2D eigenvalue weighted by atomic mass is 10.1. The Morgan fingerprint density at radius 1 is 1.14 bits per heavy atom. The first-order chi connectivity index (χ1) is 10.4. The zero-order valence-electron chi connectivity index (χ0n) is 12.6. The van der Waals surface area contributed by atoms with Crippen molar-refractivity contribution in [3.63, 3.8) is 0 Å². The van der Waals surface area contributed by atoms with Crippen LogP contribution in [-0.4, -0.2) is 53.7 Å². The van der Waals surface area contributed by atoms with E-state index in [9.17, 15) is 0 Å². The number of nitrogens with zero attached hydrogens (tertiary/aromatic N) is 2. The maximum atomic E-state index is 8.87. The fraction of sp³-hybridized carbons (Fsp3) is 0.556. The molecule has 1 N–H and O–H groups in total. The second kappa shape index (κ2) is 7.09. The number of hydrogen-bond donors (Lipinski definition) is 1. The number of hydrogen-bond acceptors (Lipinski definition) is 3. The molecule has 0 aliphatic carbocycles. The van der Waals surface area contributed by atoms with Gasteiger partial charge in [-0.05, 0) is 44.0 Å². The van der Waals surface area contributed by atoms with Crippen molar-refractivity contribution in [2.75, 3.05) is 32.8 Å². The number of likely N-dealkylation sites (tertiary alicyclic amines) is 2. The van der Waals surface area contributed by atoms with Crippen molar-refractivity contribution in [2.24, 2.45) is 0 Å². The van der Waals surface area contributed by atoms with Gasteiger partial charge in [-0.15, -0.1) is 0 Å². The molecule has 0 spiro atoms. The van der Waals surface area contributed by atoms with Crippen molar-refractivity contribution >= 4 is 0 Å². The first-order valence-electron chi connectivity index (χ1n) is 8.01. The molecular formula is C18H24N2O. The third kappa shape index (κ3) is 3.65. The summed E-state index contributed by atoms with van der Waals surface area (Å²) < 4.78 is 0. The third-order valence-corrected chi connectivity index (χ3v) is 4.62. The summed E-state index contributed by atoms with van der Waals surface area (Å²) in [7, 11) is 0. The molecule has 1 aromatic carbocycles. The van der Waals surface area contributed by atoms with E-state index in [1.54, 1.807) is 0 Å². The molecule has 0 aromatic heterocycles. The van der Waals surface area contributed by atoms with Crippen LogP contribution in [0.25, 0.3) is 0 Å². The second-order valence-electron chi connectivity index (χ2n) is 6.04. The smallest absolute Gasteiger partial charge is 0.104 e. The Bertz CT molecular complexity index is 526. The highest BCUT2D eigenvalue weighted by Crippen LogP contribution is 2.22. The van der Waals surface area contributed by atoms with E-state index >= 15 is 0 Å². The predicted octanol–water partition coefficient (Wildman–Crippen LogP) is 1.70. The molecule has 0 bridgehead atoms. The van der Waals surface area contributed by atoms with Crippen LogP contribution in [-0.2, 0) is 6.54 Å². The average Bonchev–Trinajstić information content (AvgIpc) is 3.17. The van der Waals surface area contributed by atoms with Gasteiger partial charge >= 0.3 is 0 Å². The molecule has 2 aliphatic heterocycles. The molecule has 0 radical (unpaired) electrons. The van der Waals surface area contributed by atoms with Crippen LogP contribution in [0.5, 0.6) is 0 Å². The van der Waals surface area contributed by atoms with Gasteiger partial charge in [-0.3, -0.25) is 9.80 Å². The van der Waals surface area contributed by atoms with E-state index in [1.807, 2.05) is 12.1 Å². The highest BCUT2D eigenvalue weighted by Gasteiger charge is 2.29. The summed E-state index contributed by atoms with van der Waals surface area (Å²) in [5.74, 6) is 5.83. The van der Waals surface area contributed by atoms with Crippen LogP contribution >= 0.6 is 0 Å². The van der Waals surface area contributed by atoms with Crippen LogP contribution in [0.2, 0.25) is 0 Å². The molecule has 0 amide bonds. The lowest BCUT2D eigenvalue weighted by molar-refractivity contribution is 0.230. The van der Waals surface area contributed by atoms with Gasteiger partial charge in [0, 0.05) is 31.2 Å². The Balaban J connectivity index is 1.62. The number of aliphatic hydroxyl groups excluding tert-OH is 1. The Kier molecular flexibility index (Phi) is 4.92. The molecule has 2 fully saturated rings. The minimum Gasteiger partial charge on any atom is -0.384 e. The fourth-order valence-electron chi connectivity index (χ4n) is 3.52. The first kappa shape index (κ1) is 14.6. The minimum atomic E-state index is -0.0743. The van der Waals surface area contributed by atoms with Crippen LogP contribution in [0.4, 0.5) is 0 Å². The molecular weight excluding hydrogens is 260 g/mol. The van der Waals surface area contributed by atoms with Gasteiger partial charge < -0.3 is 5.11 Å². The molecule has 1 unspecified atom stereocenters. The lowest BCUT2D eigenvalue weighted by Crippen LogP contribution is -2.35. The molecule has 112 valence electrons. The van der Waals surface area contributed by atoms with Gasteiger partial charge in [-0.1, -0.05) is 30.0 Å². The van der Waals surface area contributed by atoms with Gasteiger partial charge in [-0.25, -0.2) is 0 Å². The van der Waals surface area contributed by atoms with Gasteiger partial charge in [0.25, 0.3) is 0 Å². The molecule has 1 atom stereocenters. The van der Waals surface area contributed by atoms with Crippen LogP contribution in [0.3, 0.4) is 0 Å². The van der Waals surface area contributed by atoms with Crippen molar-refractivity contribution in [1.29, 1.82) is 0 Å². The summed E-state index contributed by atoms with van der Waals surface area (Å²) >= 11 is 0. The molecule has 0 saturated carbocycles. The van der Waals surface area contributed by atoms with E-state index in [0.29, 0.717) is 0 Å². The van der Waals surface area contributed by atoms with Crippen molar-refractivity contribution in [1.82, 2.24) is 9.80 Å². The zero-order chi connectivity index (χ0) is 14.5. The maximum Gasteiger partial charge on any atom is 0.104 e. The third-order valence-electron chi connectivity index (χ3n) is 4.62. The molecule has 1 aromatic rings. The SMILES string of the molecule is OCC#Cc1ccccc1CN1CCC(N2CCCC2)C1. The summed E-state index contributed by atoms with van der Waals surface area (Å²) in [6, 6.07) is 9.05. The van der Waals surface area contributed by atoms with Crippen molar-refractivity contribution in [2.45, 2.75) is 31.8 Å². The normalized spacial score (nSPS) is 23.2. The Labute approximate surface area is 127 Å². The molecule has 3 rings (SSSR count). The summed E-state index contributed by atoms with van der Waals surface area (Å²) in [6.45, 7) is 5.84. The first-order valence-corrected chi connectivity index (χ1v) is 8.01. The summed E-state index contributed by atoms with van der Waals surface area (Å²) in [4.78, 5) is 5.21. The van der Waals surface area contributed by atoms with Gasteiger partial charge in [0.05, 0.1) is 0 Å². The average molecular weight is 284 g/mol. The van der Waals surface area contributed by atoms with Gasteiger partial charge in [0.2, 0.25) is 0 Å². The fourth-order valence-corrected chi connectivity index (χ4v) is 3.52. The Morgan fingerprint density at radius 2 is 1.95 bits per heavy atom. The largest absolute Gasteiger partial charge is 0.384 e. The highest BCUT2D eigenvalue weighted by atomic mass is 16.2. The maximum absolute atomic E-state index is 8.87. The summed E-state index contributed by atoms with van der Waals surface area (Å²) in [5, 5.41) is 8.87. The Morgan fingerprint density at radius 3 is 2.76 bits per heavy atom. The second-order valence-corrected chi connectivity index (χ2v) is 6.04. The number of rotatable bonds is 3. The van der Waals surface area contributed by atoms with Crippen molar-refractivity contribution in [3.05, 3.63) is 35.4 Å². The summed E-state index contributed by atoms with van der Waals surface area (Å²) in [5.41, 5.74) is 2.33. The minimum absolute atomic E-state index is 0.0743. The molecule has 2 heterocycles. The van der Waals surface area contributed by atoms with Gasteiger partial charge in [0.15, 0.2) is 0 Å². The molecule has 2 saturated heterocycles. The zero-order valence-corrected chi connectivity index (χ0v) is 12.6. The number of aliphatic hydroxyl groups is 1. The van der Waals surface area contributed by atoms with E-state index in [2.05, 4.69) is 33.8 Å². The topological polar surface area (TPSA) is 26.7 Å².